The van der Waals surface area contributed by atoms with Crippen LogP contribution in [0.3, 0.4) is 0 Å². The van der Waals surface area contributed by atoms with E-state index >= 15 is 0 Å². The summed E-state index contributed by atoms with van der Waals surface area (Å²) in [5.41, 5.74) is -1.83. The zero-order valence-corrected chi connectivity index (χ0v) is 27.0. The molecule has 1 aromatic heterocycles. The number of carboxylic acids is 1. The maximum Gasteiger partial charge on any atom is 0.419 e. The number of hydrogen-bond acceptors (Lipinski definition) is 6. The highest BCUT2D eigenvalue weighted by Crippen LogP contribution is 2.43. The van der Waals surface area contributed by atoms with E-state index in [4.69, 9.17) is 9.62 Å². The van der Waals surface area contributed by atoms with Crippen molar-refractivity contribution in [1.29, 1.82) is 0 Å². The number of rotatable bonds is 16. The van der Waals surface area contributed by atoms with Crippen molar-refractivity contribution in [3.63, 3.8) is 0 Å². The standard InChI is InChI=1S/C20H12F3NO5.C16H33NO/c21-20(22,23)17-14-9-16(29-12-4-2-1-3-5-12)13(11-6-7-27-28-10-11)8-15(14)24-18(17)19(25)26;1-3-4-5-6-7-8-9-10-13-17-14-16(2,18)15-11-12-15/h1-10,24H,(H,25,26);15,17-18H,3-14H2,1-2H3. The molecule has 1 saturated carbocycles. The highest BCUT2D eigenvalue weighted by atomic mass is 19.4. The van der Waals surface area contributed by atoms with Crippen molar-refractivity contribution in [3.8, 4) is 11.5 Å². The van der Waals surface area contributed by atoms with Crippen molar-refractivity contribution in [2.45, 2.75) is 89.8 Å². The first-order valence-corrected chi connectivity index (χ1v) is 16.4. The fraction of sp³-hybridized carbons (Fsp3) is 0.472. The van der Waals surface area contributed by atoms with Gasteiger partial charge in [-0.25, -0.2) is 4.79 Å². The minimum atomic E-state index is -4.88. The van der Waals surface area contributed by atoms with E-state index in [1.807, 2.05) is 6.92 Å². The number of ether oxygens (including phenoxy) is 1. The molecular weight excluding hydrogens is 613 g/mol. The normalized spacial score (nSPS) is 15.6. The van der Waals surface area contributed by atoms with E-state index in [-0.39, 0.29) is 16.7 Å². The third kappa shape index (κ3) is 10.5. The molecule has 5 rings (SSSR count). The van der Waals surface area contributed by atoms with E-state index in [9.17, 15) is 28.2 Å². The molecule has 11 heteroatoms. The summed E-state index contributed by atoms with van der Waals surface area (Å²) in [6, 6.07) is 11.0. The van der Waals surface area contributed by atoms with Crippen molar-refractivity contribution < 1.29 is 42.7 Å². The lowest BCUT2D eigenvalue weighted by Gasteiger charge is -2.23. The quantitative estimate of drug-likeness (QED) is 0.0896. The number of nitrogens with one attached hydrogen (secondary N) is 2. The fourth-order valence-electron chi connectivity index (χ4n) is 5.58. The highest BCUT2D eigenvalue weighted by molar-refractivity contribution is 6.00. The number of hydrogen-bond donors (Lipinski definition) is 4. The number of aromatic carboxylic acids is 1. The number of para-hydroxylation sites is 1. The second-order valence-corrected chi connectivity index (χ2v) is 12.3. The molecule has 4 N–H and O–H groups in total. The van der Waals surface area contributed by atoms with Gasteiger partial charge in [-0.05, 0) is 69.0 Å². The van der Waals surface area contributed by atoms with Gasteiger partial charge in [0.2, 0.25) is 0 Å². The average Bonchev–Trinajstić information content (AvgIpc) is 3.84. The van der Waals surface area contributed by atoms with Gasteiger partial charge in [-0.1, -0.05) is 70.1 Å². The molecule has 8 nitrogen and oxygen atoms in total. The number of benzene rings is 2. The zero-order valence-electron chi connectivity index (χ0n) is 27.0. The predicted molar refractivity (Wildman–Crippen MR) is 175 cm³/mol. The Bertz CT molecular complexity index is 1510. The van der Waals surface area contributed by atoms with Gasteiger partial charge in [0.25, 0.3) is 0 Å². The molecule has 0 spiro atoms. The van der Waals surface area contributed by atoms with Crippen LogP contribution in [-0.4, -0.2) is 39.9 Å². The first kappa shape index (κ1) is 35.9. The monoisotopic (exact) mass is 658 g/mol. The third-order valence-corrected chi connectivity index (χ3v) is 8.36. The molecule has 1 fully saturated rings. The lowest BCUT2D eigenvalue weighted by Crippen LogP contribution is -2.40. The van der Waals surface area contributed by atoms with Crippen molar-refractivity contribution in [2.24, 2.45) is 5.92 Å². The average molecular weight is 659 g/mol. The first-order valence-electron chi connectivity index (χ1n) is 16.4. The van der Waals surface area contributed by atoms with Crippen molar-refractivity contribution in [2.75, 3.05) is 13.1 Å². The van der Waals surface area contributed by atoms with Gasteiger partial charge in [-0.15, -0.1) is 0 Å². The number of carbonyl (C=O) groups is 1. The summed E-state index contributed by atoms with van der Waals surface area (Å²) in [5.74, 6) is -0.669. The minimum absolute atomic E-state index is 0.00840. The van der Waals surface area contributed by atoms with Crippen LogP contribution in [0.25, 0.3) is 16.5 Å². The summed E-state index contributed by atoms with van der Waals surface area (Å²) in [6.07, 6.45) is 12.5. The van der Waals surface area contributed by atoms with Gasteiger partial charge in [-0.2, -0.15) is 13.2 Å². The molecule has 1 aliphatic heterocycles. The molecule has 2 heterocycles. The Kier molecular flexibility index (Phi) is 12.8. The van der Waals surface area contributed by atoms with Crippen LogP contribution in [-0.2, 0) is 16.0 Å². The number of alkyl halides is 3. The van der Waals surface area contributed by atoms with Gasteiger partial charge < -0.3 is 25.3 Å². The Labute approximate surface area is 273 Å². The molecule has 0 saturated heterocycles. The predicted octanol–water partition coefficient (Wildman–Crippen LogP) is 9.37. The summed E-state index contributed by atoms with van der Waals surface area (Å²) in [5, 5.41) is 22.4. The molecule has 0 radical (unpaired) electrons. The molecule has 2 aliphatic rings. The Morgan fingerprint density at radius 1 is 1.02 bits per heavy atom. The van der Waals surface area contributed by atoms with E-state index in [1.165, 1.54) is 88.9 Å². The number of aliphatic hydroxyl groups is 1. The van der Waals surface area contributed by atoms with Crippen LogP contribution in [0.5, 0.6) is 11.5 Å². The van der Waals surface area contributed by atoms with E-state index < -0.39 is 29.0 Å². The van der Waals surface area contributed by atoms with E-state index in [1.54, 1.807) is 30.3 Å². The van der Waals surface area contributed by atoms with Gasteiger partial charge in [0, 0.05) is 28.6 Å². The smallest absolute Gasteiger partial charge is 0.419 e. The van der Waals surface area contributed by atoms with Crippen LogP contribution >= 0.6 is 0 Å². The lowest BCUT2D eigenvalue weighted by molar-refractivity contribution is -0.197. The molecule has 1 aliphatic carbocycles. The minimum Gasteiger partial charge on any atom is -0.477 e. The molecule has 2 aromatic carbocycles. The number of aromatic nitrogens is 1. The van der Waals surface area contributed by atoms with Gasteiger partial charge in [0.15, 0.2) is 6.26 Å². The lowest BCUT2D eigenvalue weighted by atomic mass is 10.0. The van der Waals surface area contributed by atoms with Crippen LogP contribution < -0.4 is 10.1 Å². The molecule has 0 bridgehead atoms. The molecule has 1 unspecified atom stereocenters. The van der Waals surface area contributed by atoms with Crippen LogP contribution in [0.4, 0.5) is 13.2 Å². The van der Waals surface area contributed by atoms with Crippen molar-refractivity contribution >= 4 is 22.4 Å². The Balaban J connectivity index is 0.000000240. The van der Waals surface area contributed by atoms with Crippen LogP contribution in [0.15, 0.2) is 61.1 Å². The number of H-pyrrole nitrogens is 1. The second kappa shape index (κ2) is 16.7. The summed E-state index contributed by atoms with van der Waals surface area (Å²) in [7, 11) is 0. The van der Waals surface area contributed by atoms with Gasteiger partial charge >= 0.3 is 12.1 Å². The summed E-state index contributed by atoms with van der Waals surface area (Å²) >= 11 is 0. The Morgan fingerprint density at radius 2 is 1.70 bits per heavy atom. The maximum absolute atomic E-state index is 13.6. The summed E-state index contributed by atoms with van der Waals surface area (Å²) in [4.78, 5) is 23.1. The van der Waals surface area contributed by atoms with E-state index in [0.717, 1.165) is 19.2 Å². The molecule has 256 valence electrons. The van der Waals surface area contributed by atoms with Gasteiger partial charge in [-0.3, -0.25) is 9.78 Å². The molecule has 47 heavy (non-hydrogen) atoms. The fourth-order valence-corrected chi connectivity index (χ4v) is 5.58. The van der Waals surface area contributed by atoms with Crippen molar-refractivity contribution in [3.05, 3.63) is 77.9 Å². The maximum atomic E-state index is 13.6. The number of fused-ring (bicyclic) bond motifs is 1. The van der Waals surface area contributed by atoms with Crippen LogP contribution in [0.1, 0.15) is 99.7 Å². The first-order chi connectivity index (χ1) is 22.5. The molecule has 0 amide bonds. The topological polar surface area (TPSA) is 113 Å². The second-order valence-electron chi connectivity index (χ2n) is 12.3. The van der Waals surface area contributed by atoms with E-state index in [2.05, 4.69) is 22.1 Å². The van der Waals surface area contributed by atoms with Gasteiger partial charge in [0.1, 0.15) is 23.5 Å². The van der Waals surface area contributed by atoms with Crippen LogP contribution in [0, 0.1) is 5.92 Å². The largest absolute Gasteiger partial charge is 0.477 e. The van der Waals surface area contributed by atoms with Crippen molar-refractivity contribution in [1.82, 2.24) is 10.3 Å². The van der Waals surface area contributed by atoms with E-state index in [0.29, 0.717) is 22.8 Å². The number of allylic oxidation sites excluding steroid dienone is 2. The number of carboxylic acid groups (broad SMARTS) is 1. The SMILES string of the molecule is CCCCCCCCCCNCC(C)(O)C1CC1.O=C(O)c1[nH]c2cc(C3=COOC=C3)c(Oc3ccccc3)cc2c1C(F)(F)F. The zero-order chi connectivity index (χ0) is 33.9. The Morgan fingerprint density at radius 3 is 2.30 bits per heavy atom. The third-order valence-electron chi connectivity index (χ3n) is 8.36. The molecule has 3 aromatic rings. The summed E-state index contributed by atoms with van der Waals surface area (Å²) < 4.78 is 46.6. The number of halogens is 3. The molecule has 1 atom stereocenters. The summed E-state index contributed by atoms with van der Waals surface area (Å²) in [6.45, 7) is 6.08. The van der Waals surface area contributed by atoms with Gasteiger partial charge in [0.05, 0.1) is 11.2 Å². The number of aromatic amines is 1. The highest BCUT2D eigenvalue weighted by Gasteiger charge is 2.40. The number of unbranched alkanes of at least 4 members (excludes halogenated alkanes) is 7. The Hall–Kier alpha value is -3.96. The molecular formula is C36H45F3N2O6. The van der Waals surface area contributed by atoms with Crippen LogP contribution in [0.2, 0.25) is 0 Å².